The fourth-order valence-corrected chi connectivity index (χ4v) is 2.63. The average molecular weight is 332 g/mol. The molecule has 1 unspecified atom stereocenters. The molecule has 0 saturated carbocycles. The molecule has 0 radical (unpaired) electrons. The van der Waals surface area contributed by atoms with Crippen LogP contribution >= 0.6 is 11.6 Å². The van der Waals surface area contributed by atoms with Crippen LogP contribution in [0.1, 0.15) is 37.8 Å². The molecular weight excluding hydrogens is 310 g/mol. The molecule has 4 heteroatoms. The van der Waals surface area contributed by atoms with Gasteiger partial charge in [0.1, 0.15) is 5.75 Å². The second-order valence-electron chi connectivity index (χ2n) is 5.93. The van der Waals surface area contributed by atoms with Crippen LogP contribution < -0.4 is 10.1 Å². The van der Waals surface area contributed by atoms with Gasteiger partial charge < -0.3 is 10.1 Å². The number of hydrogen-bond acceptors (Lipinski definition) is 2. The predicted molar refractivity (Wildman–Crippen MR) is 95.4 cm³/mol. The summed E-state index contributed by atoms with van der Waals surface area (Å²) >= 11 is 5.91. The second-order valence-corrected chi connectivity index (χ2v) is 6.37. The van der Waals surface area contributed by atoms with Crippen LogP contribution in [-0.4, -0.2) is 12.0 Å². The summed E-state index contributed by atoms with van der Waals surface area (Å²) in [7, 11) is 0. The van der Waals surface area contributed by atoms with Gasteiger partial charge in [-0.15, -0.1) is 0 Å². The third-order valence-corrected chi connectivity index (χ3v) is 3.87. The Morgan fingerprint density at radius 1 is 1.13 bits per heavy atom. The highest BCUT2D eigenvalue weighted by atomic mass is 35.5. The van der Waals surface area contributed by atoms with E-state index in [0.29, 0.717) is 22.4 Å². The maximum atomic E-state index is 12.2. The Bertz CT molecular complexity index is 698. The number of anilines is 1. The molecule has 2 aromatic rings. The van der Waals surface area contributed by atoms with Crippen molar-refractivity contribution in [2.45, 2.75) is 39.7 Å². The van der Waals surface area contributed by atoms with E-state index in [9.17, 15) is 4.79 Å². The Balaban J connectivity index is 2.02. The summed E-state index contributed by atoms with van der Waals surface area (Å²) in [5.74, 6) is 0.950. The van der Waals surface area contributed by atoms with Crippen molar-refractivity contribution in [3.05, 3.63) is 58.6 Å². The fraction of sp³-hybridized carbons (Fsp3) is 0.316. The molecule has 1 amide bonds. The standard InChI is InChI=1S/C19H22ClNO2/c1-12(2)18-9-8-17(10-13(18)3)23-14(4)19(22)21-16-7-5-6-15(20)11-16/h5-12,14H,1-4H3,(H,21,22). The second kappa shape index (κ2) is 7.51. The van der Waals surface area contributed by atoms with Gasteiger partial charge in [0.2, 0.25) is 0 Å². The predicted octanol–water partition coefficient (Wildman–Crippen LogP) is 5.18. The summed E-state index contributed by atoms with van der Waals surface area (Å²) < 4.78 is 5.75. The zero-order chi connectivity index (χ0) is 17.0. The number of nitrogens with one attached hydrogen (secondary N) is 1. The van der Waals surface area contributed by atoms with E-state index in [-0.39, 0.29) is 5.91 Å². The number of aryl methyl sites for hydroxylation is 1. The number of carbonyl (C=O) groups excluding carboxylic acids is 1. The van der Waals surface area contributed by atoms with E-state index in [2.05, 4.69) is 32.2 Å². The van der Waals surface area contributed by atoms with Crippen molar-refractivity contribution >= 4 is 23.2 Å². The largest absolute Gasteiger partial charge is 0.481 e. The lowest BCUT2D eigenvalue weighted by Crippen LogP contribution is -2.30. The molecule has 0 aliphatic rings. The zero-order valence-electron chi connectivity index (χ0n) is 13.9. The van der Waals surface area contributed by atoms with Crippen molar-refractivity contribution < 1.29 is 9.53 Å². The van der Waals surface area contributed by atoms with Gasteiger partial charge in [-0.1, -0.05) is 37.6 Å². The fourth-order valence-electron chi connectivity index (χ4n) is 2.44. The summed E-state index contributed by atoms with van der Waals surface area (Å²) in [6.45, 7) is 8.10. The van der Waals surface area contributed by atoms with Crippen molar-refractivity contribution in [1.29, 1.82) is 0 Å². The molecule has 1 atom stereocenters. The smallest absolute Gasteiger partial charge is 0.265 e. The summed E-state index contributed by atoms with van der Waals surface area (Å²) in [5.41, 5.74) is 3.11. The van der Waals surface area contributed by atoms with Crippen LogP contribution in [0.15, 0.2) is 42.5 Å². The molecule has 23 heavy (non-hydrogen) atoms. The minimum Gasteiger partial charge on any atom is -0.481 e. The minimum absolute atomic E-state index is 0.210. The van der Waals surface area contributed by atoms with Gasteiger partial charge in [-0.2, -0.15) is 0 Å². The Labute approximate surface area is 142 Å². The first-order chi connectivity index (χ1) is 10.9. The molecule has 1 N–H and O–H groups in total. The summed E-state index contributed by atoms with van der Waals surface area (Å²) in [4.78, 5) is 12.2. The first-order valence-corrected chi connectivity index (χ1v) is 8.08. The van der Waals surface area contributed by atoms with E-state index >= 15 is 0 Å². The van der Waals surface area contributed by atoms with Gasteiger partial charge in [-0.05, 0) is 61.2 Å². The van der Waals surface area contributed by atoms with E-state index in [1.807, 2.05) is 12.1 Å². The maximum absolute atomic E-state index is 12.2. The van der Waals surface area contributed by atoms with Crippen molar-refractivity contribution in [3.8, 4) is 5.75 Å². The lowest BCUT2D eigenvalue weighted by molar-refractivity contribution is -0.122. The van der Waals surface area contributed by atoms with Gasteiger partial charge in [0, 0.05) is 10.7 Å². The van der Waals surface area contributed by atoms with Gasteiger partial charge in [0.15, 0.2) is 6.10 Å². The SMILES string of the molecule is Cc1cc(OC(C)C(=O)Nc2cccc(Cl)c2)ccc1C(C)C. The molecule has 3 nitrogen and oxygen atoms in total. The maximum Gasteiger partial charge on any atom is 0.265 e. The van der Waals surface area contributed by atoms with Crippen molar-refractivity contribution in [1.82, 2.24) is 0 Å². The zero-order valence-corrected chi connectivity index (χ0v) is 14.6. The molecule has 0 bridgehead atoms. The van der Waals surface area contributed by atoms with Gasteiger partial charge in [-0.3, -0.25) is 4.79 Å². The van der Waals surface area contributed by atoms with Crippen LogP contribution in [0.3, 0.4) is 0 Å². The van der Waals surface area contributed by atoms with Crippen molar-refractivity contribution in [3.63, 3.8) is 0 Å². The molecule has 122 valence electrons. The normalized spacial score (nSPS) is 12.1. The monoisotopic (exact) mass is 331 g/mol. The topological polar surface area (TPSA) is 38.3 Å². The van der Waals surface area contributed by atoms with E-state index in [1.165, 1.54) is 11.1 Å². The molecule has 0 saturated heterocycles. The van der Waals surface area contributed by atoms with Crippen LogP contribution in [0.5, 0.6) is 5.75 Å². The molecule has 2 rings (SSSR count). The van der Waals surface area contributed by atoms with Crippen molar-refractivity contribution in [2.75, 3.05) is 5.32 Å². The Hall–Kier alpha value is -2.00. The molecule has 0 aliphatic heterocycles. The summed E-state index contributed by atoms with van der Waals surface area (Å²) in [6, 6.07) is 13.0. The minimum atomic E-state index is -0.599. The van der Waals surface area contributed by atoms with Crippen LogP contribution in [0.2, 0.25) is 5.02 Å². The highest BCUT2D eigenvalue weighted by molar-refractivity contribution is 6.30. The molecule has 0 aromatic heterocycles. The first-order valence-electron chi connectivity index (χ1n) is 7.70. The number of benzene rings is 2. The Kier molecular flexibility index (Phi) is 5.67. The van der Waals surface area contributed by atoms with Crippen LogP contribution in [0.25, 0.3) is 0 Å². The highest BCUT2D eigenvalue weighted by Crippen LogP contribution is 2.24. The lowest BCUT2D eigenvalue weighted by atomic mass is 9.98. The van der Waals surface area contributed by atoms with E-state index in [4.69, 9.17) is 16.3 Å². The van der Waals surface area contributed by atoms with Gasteiger partial charge >= 0.3 is 0 Å². The molecule has 0 aliphatic carbocycles. The van der Waals surface area contributed by atoms with E-state index < -0.39 is 6.10 Å². The number of carbonyl (C=O) groups is 1. The average Bonchev–Trinajstić information content (AvgIpc) is 2.46. The first kappa shape index (κ1) is 17.4. The highest BCUT2D eigenvalue weighted by Gasteiger charge is 2.15. The van der Waals surface area contributed by atoms with Gasteiger partial charge in [0.25, 0.3) is 5.91 Å². The quantitative estimate of drug-likeness (QED) is 0.820. The number of rotatable bonds is 5. The molecule has 0 heterocycles. The van der Waals surface area contributed by atoms with Gasteiger partial charge in [-0.25, -0.2) is 0 Å². The third kappa shape index (κ3) is 4.73. The van der Waals surface area contributed by atoms with Crippen LogP contribution in [0, 0.1) is 6.92 Å². The summed E-state index contributed by atoms with van der Waals surface area (Å²) in [6.07, 6.45) is -0.599. The number of amides is 1. The van der Waals surface area contributed by atoms with Crippen LogP contribution in [-0.2, 0) is 4.79 Å². The molecule has 0 fully saturated rings. The summed E-state index contributed by atoms with van der Waals surface area (Å²) in [5, 5.41) is 3.38. The third-order valence-electron chi connectivity index (χ3n) is 3.64. The number of hydrogen-bond donors (Lipinski definition) is 1. The van der Waals surface area contributed by atoms with Crippen LogP contribution in [0.4, 0.5) is 5.69 Å². The Morgan fingerprint density at radius 3 is 2.48 bits per heavy atom. The Morgan fingerprint density at radius 2 is 1.87 bits per heavy atom. The number of ether oxygens (including phenoxy) is 1. The molecular formula is C19H22ClNO2. The number of halogens is 1. The van der Waals surface area contributed by atoms with E-state index in [0.717, 1.165) is 0 Å². The van der Waals surface area contributed by atoms with Crippen molar-refractivity contribution in [2.24, 2.45) is 0 Å². The lowest BCUT2D eigenvalue weighted by Gasteiger charge is -2.17. The molecule has 0 spiro atoms. The van der Waals surface area contributed by atoms with E-state index in [1.54, 1.807) is 31.2 Å². The van der Waals surface area contributed by atoms with Gasteiger partial charge in [0.05, 0.1) is 0 Å². The molecule has 2 aromatic carbocycles.